The normalized spacial score (nSPS) is 12.1. The van der Waals surface area contributed by atoms with Crippen molar-refractivity contribution in [3.63, 3.8) is 0 Å². The number of carbonyl (C=O) groups excluding carboxylic acids is 1. The maximum atomic E-state index is 11.8. The van der Waals surface area contributed by atoms with Crippen molar-refractivity contribution in [1.82, 2.24) is 0 Å². The lowest BCUT2D eigenvalue weighted by molar-refractivity contribution is -0.140. The van der Waals surface area contributed by atoms with Crippen molar-refractivity contribution >= 4 is 28.4 Å². The number of rotatable bonds is 7. The Morgan fingerprint density at radius 1 is 1.39 bits per heavy atom. The van der Waals surface area contributed by atoms with Crippen molar-refractivity contribution in [2.24, 2.45) is 0 Å². The molecule has 0 N–H and O–H groups in total. The molecule has 5 heteroatoms. The molecular formula is C13H17ClO3S. The molecule has 100 valence electrons. The lowest BCUT2D eigenvalue weighted by Gasteiger charge is -2.05. The van der Waals surface area contributed by atoms with E-state index in [4.69, 9.17) is 16.3 Å². The fraction of sp³-hybridized carbons (Fsp3) is 0.462. The first kappa shape index (κ1) is 15.2. The second kappa shape index (κ2) is 8.27. The highest BCUT2D eigenvalue weighted by molar-refractivity contribution is 7.84. The molecule has 0 aliphatic heterocycles. The Morgan fingerprint density at radius 3 is 2.78 bits per heavy atom. The lowest BCUT2D eigenvalue weighted by atomic mass is 10.2. The number of hydrogen-bond donors (Lipinski definition) is 0. The molecule has 0 aromatic heterocycles. The van der Waals surface area contributed by atoms with Gasteiger partial charge in [-0.1, -0.05) is 43.1 Å². The molecular weight excluding hydrogens is 272 g/mol. The van der Waals surface area contributed by atoms with Crippen LogP contribution in [0.2, 0.25) is 5.02 Å². The van der Waals surface area contributed by atoms with E-state index in [2.05, 4.69) is 0 Å². The summed E-state index contributed by atoms with van der Waals surface area (Å²) in [5.74, 6) is -0.203. The van der Waals surface area contributed by atoms with E-state index in [1.165, 1.54) is 0 Å². The van der Waals surface area contributed by atoms with Gasteiger partial charge in [0.05, 0.1) is 12.4 Å². The van der Waals surface area contributed by atoms with Crippen LogP contribution in [0, 0.1) is 0 Å². The second-order valence-corrected chi connectivity index (χ2v) is 5.76. The summed E-state index contributed by atoms with van der Waals surface area (Å²) in [7, 11) is -1.28. The minimum atomic E-state index is -1.28. The highest BCUT2D eigenvalue weighted by Crippen LogP contribution is 2.16. The molecule has 0 spiro atoms. The Balaban J connectivity index is 2.38. The van der Waals surface area contributed by atoms with Gasteiger partial charge >= 0.3 is 5.97 Å². The van der Waals surface area contributed by atoms with Gasteiger partial charge in [0.15, 0.2) is 0 Å². The van der Waals surface area contributed by atoms with Gasteiger partial charge in [-0.3, -0.25) is 9.00 Å². The molecule has 3 nitrogen and oxygen atoms in total. The van der Waals surface area contributed by atoms with E-state index in [-0.39, 0.29) is 11.5 Å². The Bertz CT molecular complexity index is 420. The third-order valence-corrected chi connectivity index (χ3v) is 3.87. The first-order valence-electron chi connectivity index (χ1n) is 5.87. The van der Waals surface area contributed by atoms with Gasteiger partial charge < -0.3 is 4.74 Å². The maximum Gasteiger partial charge on any atom is 0.318 e. The van der Waals surface area contributed by atoms with Gasteiger partial charge in [0.2, 0.25) is 0 Å². The maximum absolute atomic E-state index is 11.8. The predicted octanol–water partition coefficient (Wildman–Crippen LogP) is 2.93. The van der Waals surface area contributed by atoms with Gasteiger partial charge in [-0.15, -0.1) is 0 Å². The minimum Gasteiger partial charge on any atom is -0.465 e. The predicted molar refractivity (Wildman–Crippen MR) is 74.0 cm³/mol. The summed E-state index contributed by atoms with van der Waals surface area (Å²) in [4.78, 5) is 11.4. The van der Waals surface area contributed by atoms with E-state index in [1.807, 2.05) is 25.1 Å². The number of hydrogen-bond acceptors (Lipinski definition) is 3. The first-order valence-corrected chi connectivity index (χ1v) is 7.74. The molecule has 1 rings (SSSR count). The third kappa shape index (κ3) is 5.65. The van der Waals surface area contributed by atoms with Crippen LogP contribution in [0.5, 0.6) is 0 Å². The monoisotopic (exact) mass is 288 g/mol. The molecule has 0 bridgehead atoms. The van der Waals surface area contributed by atoms with Gasteiger partial charge in [0.1, 0.15) is 5.75 Å². The van der Waals surface area contributed by atoms with Gasteiger partial charge in [-0.2, -0.15) is 0 Å². The fourth-order valence-corrected chi connectivity index (χ4v) is 2.67. The van der Waals surface area contributed by atoms with E-state index < -0.39 is 16.8 Å². The summed E-state index contributed by atoms with van der Waals surface area (Å²) >= 11 is 5.96. The third-order valence-electron chi connectivity index (χ3n) is 2.31. The van der Waals surface area contributed by atoms with Crippen LogP contribution in [-0.2, 0) is 26.1 Å². The van der Waals surface area contributed by atoms with Gasteiger partial charge in [-0.25, -0.2) is 0 Å². The van der Waals surface area contributed by atoms with Crippen molar-refractivity contribution in [2.45, 2.75) is 25.5 Å². The number of esters is 1. The van der Waals surface area contributed by atoms with Crippen LogP contribution in [0.1, 0.15) is 25.3 Å². The highest BCUT2D eigenvalue weighted by Gasteiger charge is 2.11. The number of unbranched alkanes of at least 4 members (excludes halogenated alkanes) is 1. The van der Waals surface area contributed by atoms with Crippen molar-refractivity contribution in [3.05, 3.63) is 34.9 Å². The largest absolute Gasteiger partial charge is 0.465 e. The molecule has 1 aromatic carbocycles. The number of benzene rings is 1. The molecule has 0 aliphatic rings. The van der Waals surface area contributed by atoms with Crippen molar-refractivity contribution in [3.8, 4) is 0 Å². The van der Waals surface area contributed by atoms with E-state index in [0.717, 1.165) is 18.4 Å². The molecule has 0 heterocycles. The average molecular weight is 289 g/mol. The summed E-state index contributed by atoms with van der Waals surface area (Å²) in [5, 5.41) is 0.574. The zero-order chi connectivity index (χ0) is 13.4. The lowest BCUT2D eigenvalue weighted by Crippen LogP contribution is -2.16. The van der Waals surface area contributed by atoms with Crippen LogP contribution < -0.4 is 0 Å². The Hall–Kier alpha value is -0.870. The molecule has 0 saturated carbocycles. The summed E-state index contributed by atoms with van der Waals surface area (Å²) < 4.78 is 16.7. The quantitative estimate of drug-likeness (QED) is 0.572. The molecule has 0 amide bonds. The molecule has 0 aliphatic carbocycles. The van der Waals surface area contributed by atoms with Gasteiger partial charge in [0, 0.05) is 15.8 Å². The van der Waals surface area contributed by atoms with Crippen LogP contribution in [0.15, 0.2) is 24.3 Å². The van der Waals surface area contributed by atoms with Crippen LogP contribution in [0.3, 0.4) is 0 Å². The molecule has 1 atom stereocenters. The zero-order valence-corrected chi connectivity index (χ0v) is 11.9. The van der Waals surface area contributed by atoms with E-state index in [1.54, 1.807) is 6.07 Å². The molecule has 0 saturated heterocycles. The van der Waals surface area contributed by atoms with Crippen molar-refractivity contribution < 1.29 is 13.7 Å². The highest BCUT2D eigenvalue weighted by atomic mass is 35.5. The second-order valence-electron chi connectivity index (χ2n) is 3.89. The molecule has 1 aromatic rings. The Kier molecular flexibility index (Phi) is 6.98. The van der Waals surface area contributed by atoms with E-state index in [0.29, 0.717) is 11.6 Å². The topological polar surface area (TPSA) is 43.4 Å². The smallest absolute Gasteiger partial charge is 0.318 e. The summed E-state index contributed by atoms with van der Waals surface area (Å²) in [6.45, 7) is 2.42. The van der Waals surface area contributed by atoms with Crippen molar-refractivity contribution in [2.75, 3.05) is 12.4 Å². The Labute approximate surface area is 115 Å². The van der Waals surface area contributed by atoms with E-state index in [9.17, 15) is 9.00 Å². The summed E-state index contributed by atoms with van der Waals surface area (Å²) in [6.07, 6.45) is 1.80. The zero-order valence-electron chi connectivity index (χ0n) is 10.4. The standard InChI is InChI=1S/C13H17ClO3S/c1-2-3-8-17-13(15)10-18(16)9-11-6-4-5-7-12(11)14/h4-7H,2-3,8-10H2,1H3. The van der Waals surface area contributed by atoms with Crippen LogP contribution in [-0.4, -0.2) is 22.5 Å². The summed E-state index contributed by atoms with van der Waals surface area (Å²) in [6, 6.07) is 7.20. The number of carbonyl (C=O) groups is 1. The SMILES string of the molecule is CCCCOC(=O)CS(=O)Cc1ccccc1Cl. The first-order chi connectivity index (χ1) is 8.63. The van der Waals surface area contributed by atoms with Gasteiger partial charge in [0.25, 0.3) is 0 Å². The molecule has 18 heavy (non-hydrogen) atoms. The van der Waals surface area contributed by atoms with E-state index >= 15 is 0 Å². The van der Waals surface area contributed by atoms with Crippen LogP contribution in [0.4, 0.5) is 0 Å². The van der Waals surface area contributed by atoms with Gasteiger partial charge in [-0.05, 0) is 18.1 Å². The van der Waals surface area contributed by atoms with Crippen molar-refractivity contribution in [1.29, 1.82) is 0 Å². The summed E-state index contributed by atoms with van der Waals surface area (Å²) in [5.41, 5.74) is 0.791. The fourth-order valence-electron chi connectivity index (χ4n) is 1.34. The minimum absolute atomic E-state index is 0.0745. The van der Waals surface area contributed by atoms with Crippen LogP contribution in [0.25, 0.3) is 0 Å². The molecule has 1 unspecified atom stereocenters. The average Bonchev–Trinajstić information content (AvgIpc) is 2.32. The van der Waals surface area contributed by atoms with Crippen LogP contribution >= 0.6 is 11.6 Å². The molecule has 0 fully saturated rings. The molecule has 0 radical (unpaired) electrons. The number of halogens is 1. The number of ether oxygens (including phenoxy) is 1. The Morgan fingerprint density at radius 2 is 2.11 bits per heavy atom.